The van der Waals surface area contributed by atoms with Gasteiger partial charge in [-0.3, -0.25) is 19.4 Å². The minimum absolute atomic E-state index is 0.0240. The number of aromatic nitrogens is 2. The lowest BCUT2D eigenvalue weighted by Gasteiger charge is -2.24. The fourth-order valence-corrected chi connectivity index (χ4v) is 3.12. The third kappa shape index (κ3) is 11.3. The van der Waals surface area contributed by atoms with Crippen molar-refractivity contribution in [2.24, 2.45) is 28.1 Å². The highest BCUT2D eigenvalue weighted by Crippen LogP contribution is 2.07. The first-order valence-electron chi connectivity index (χ1n) is 11.3. The fraction of sp³-hybridized carbons (Fsp3) is 0.619. The molecule has 4 unspecified atom stereocenters. The highest BCUT2D eigenvalue weighted by atomic mass is 16.4. The molecule has 0 aromatic carbocycles. The molecule has 1 aromatic heterocycles. The SMILES string of the molecule is CC(C)CC(NC(=O)C(Cc1cnc[nH]1)NC(=O)C(C)NC(=O)C(N)CCCN=C(N)N)C(=O)O. The minimum Gasteiger partial charge on any atom is -0.480 e. The zero-order chi connectivity index (χ0) is 26.5. The van der Waals surface area contributed by atoms with E-state index < -0.39 is 47.9 Å². The molecule has 11 N–H and O–H groups in total. The molecule has 4 atom stereocenters. The summed E-state index contributed by atoms with van der Waals surface area (Å²) in [7, 11) is 0. The smallest absolute Gasteiger partial charge is 0.326 e. The fourth-order valence-electron chi connectivity index (χ4n) is 3.12. The summed E-state index contributed by atoms with van der Waals surface area (Å²) < 4.78 is 0. The van der Waals surface area contributed by atoms with Crippen LogP contribution in [-0.4, -0.2) is 75.4 Å². The molecule has 0 aliphatic carbocycles. The van der Waals surface area contributed by atoms with Crippen molar-refractivity contribution in [3.63, 3.8) is 0 Å². The molecule has 1 aromatic rings. The number of nitrogens with two attached hydrogens (primary N) is 3. The van der Waals surface area contributed by atoms with Crippen LogP contribution in [0.15, 0.2) is 17.5 Å². The molecular weight excluding hydrogens is 458 g/mol. The number of carbonyl (C=O) groups excluding carboxylic acids is 3. The van der Waals surface area contributed by atoms with Gasteiger partial charge in [0.15, 0.2) is 5.96 Å². The number of guanidine groups is 1. The van der Waals surface area contributed by atoms with E-state index in [9.17, 15) is 24.3 Å². The summed E-state index contributed by atoms with van der Waals surface area (Å²) in [6.45, 7) is 5.44. The van der Waals surface area contributed by atoms with Gasteiger partial charge in [-0.25, -0.2) is 9.78 Å². The Morgan fingerprint density at radius 2 is 1.71 bits per heavy atom. The minimum atomic E-state index is -1.17. The van der Waals surface area contributed by atoms with Crippen molar-refractivity contribution in [1.82, 2.24) is 25.9 Å². The Morgan fingerprint density at radius 3 is 2.26 bits per heavy atom. The summed E-state index contributed by atoms with van der Waals surface area (Å²) in [6, 6.07) is -4.10. The second kappa shape index (κ2) is 14.6. The molecule has 1 heterocycles. The summed E-state index contributed by atoms with van der Waals surface area (Å²) >= 11 is 0. The molecule has 3 amide bonds. The molecule has 0 aliphatic heterocycles. The first kappa shape index (κ1) is 29.4. The van der Waals surface area contributed by atoms with Crippen LogP contribution in [0.1, 0.15) is 45.7 Å². The molecule has 0 spiro atoms. The molecule has 0 saturated heterocycles. The number of aliphatic imine (C=N–C) groups is 1. The van der Waals surface area contributed by atoms with Gasteiger partial charge in [0.1, 0.15) is 18.1 Å². The van der Waals surface area contributed by atoms with Gasteiger partial charge in [0, 0.05) is 24.9 Å². The Labute approximate surface area is 203 Å². The van der Waals surface area contributed by atoms with Gasteiger partial charge in [-0.15, -0.1) is 0 Å². The molecule has 14 nitrogen and oxygen atoms in total. The molecule has 1 rings (SSSR count). The van der Waals surface area contributed by atoms with Gasteiger partial charge < -0.3 is 43.2 Å². The summed E-state index contributed by atoms with van der Waals surface area (Å²) in [4.78, 5) is 60.1. The third-order valence-corrected chi connectivity index (χ3v) is 4.99. The zero-order valence-corrected chi connectivity index (χ0v) is 20.3. The molecule has 196 valence electrons. The molecule has 0 bridgehead atoms. The molecule has 0 fully saturated rings. The van der Waals surface area contributed by atoms with E-state index in [-0.39, 0.29) is 24.7 Å². The highest BCUT2D eigenvalue weighted by molar-refractivity contribution is 5.94. The number of carboxylic acid groups (broad SMARTS) is 1. The average Bonchev–Trinajstić information content (AvgIpc) is 3.27. The van der Waals surface area contributed by atoms with Crippen molar-refractivity contribution in [2.75, 3.05) is 6.54 Å². The second-order valence-electron chi connectivity index (χ2n) is 8.66. The number of amides is 3. The number of nitrogens with one attached hydrogen (secondary N) is 4. The van der Waals surface area contributed by atoms with Crippen molar-refractivity contribution in [2.45, 2.75) is 70.6 Å². The van der Waals surface area contributed by atoms with E-state index in [0.717, 1.165) is 0 Å². The maximum absolute atomic E-state index is 12.9. The number of hydrogen-bond donors (Lipinski definition) is 8. The summed E-state index contributed by atoms with van der Waals surface area (Å²) in [5.74, 6) is -3.06. The molecular formula is C21H37N9O5. The maximum atomic E-state index is 12.9. The monoisotopic (exact) mass is 495 g/mol. The number of carboxylic acids is 1. The number of rotatable bonds is 15. The predicted octanol–water partition coefficient (Wildman–Crippen LogP) is -2.06. The number of aromatic amines is 1. The molecule has 0 radical (unpaired) electrons. The largest absolute Gasteiger partial charge is 0.480 e. The molecule has 14 heteroatoms. The van der Waals surface area contributed by atoms with Crippen LogP contribution < -0.4 is 33.2 Å². The number of nitrogens with zero attached hydrogens (tertiary/aromatic N) is 2. The van der Waals surface area contributed by atoms with E-state index in [4.69, 9.17) is 17.2 Å². The van der Waals surface area contributed by atoms with Crippen LogP contribution in [0, 0.1) is 5.92 Å². The van der Waals surface area contributed by atoms with Crippen molar-refractivity contribution in [1.29, 1.82) is 0 Å². The standard InChI is InChI=1S/C21H37N9O5/c1-11(2)7-16(20(34)35)30-19(33)15(8-13-9-25-10-27-13)29-17(31)12(3)28-18(32)14(22)5-4-6-26-21(23)24/h9-12,14-16H,4-8,22H2,1-3H3,(H,25,27)(H,28,32)(H,29,31)(H,30,33)(H,34,35)(H4,23,24,26). The number of imidazole rings is 1. The lowest BCUT2D eigenvalue weighted by molar-refractivity contribution is -0.142. The van der Waals surface area contributed by atoms with Gasteiger partial charge >= 0.3 is 5.97 Å². The van der Waals surface area contributed by atoms with Crippen LogP contribution in [0.5, 0.6) is 0 Å². The lowest BCUT2D eigenvalue weighted by atomic mass is 10.0. The van der Waals surface area contributed by atoms with E-state index >= 15 is 0 Å². The van der Waals surface area contributed by atoms with Gasteiger partial charge in [-0.2, -0.15) is 0 Å². The topological polar surface area (TPSA) is 244 Å². The molecule has 0 saturated carbocycles. The Balaban J connectivity index is 2.78. The van der Waals surface area contributed by atoms with E-state index in [2.05, 4.69) is 30.9 Å². The van der Waals surface area contributed by atoms with E-state index in [0.29, 0.717) is 25.1 Å². The highest BCUT2D eigenvalue weighted by Gasteiger charge is 2.29. The normalized spacial score (nSPS) is 14.3. The van der Waals surface area contributed by atoms with Crippen LogP contribution in [0.4, 0.5) is 0 Å². The van der Waals surface area contributed by atoms with Gasteiger partial charge in [-0.05, 0) is 32.1 Å². The van der Waals surface area contributed by atoms with Crippen LogP contribution in [0.3, 0.4) is 0 Å². The van der Waals surface area contributed by atoms with Crippen LogP contribution in [0.2, 0.25) is 0 Å². The third-order valence-electron chi connectivity index (χ3n) is 4.99. The molecule has 35 heavy (non-hydrogen) atoms. The van der Waals surface area contributed by atoms with Crippen LogP contribution >= 0.6 is 0 Å². The Morgan fingerprint density at radius 1 is 1.06 bits per heavy atom. The summed E-state index contributed by atoms with van der Waals surface area (Å²) in [6.07, 6.45) is 3.94. The molecule has 0 aliphatic rings. The average molecular weight is 496 g/mol. The number of carbonyl (C=O) groups is 4. The van der Waals surface area contributed by atoms with Crippen molar-refractivity contribution < 1.29 is 24.3 Å². The quantitative estimate of drug-likeness (QED) is 0.0756. The van der Waals surface area contributed by atoms with E-state index in [1.165, 1.54) is 19.4 Å². The first-order chi connectivity index (χ1) is 16.4. The van der Waals surface area contributed by atoms with Gasteiger partial charge in [-0.1, -0.05) is 13.8 Å². The Kier molecular flexibility index (Phi) is 12.2. The number of aliphatic carboxylic acids is 1. The Bertz CT molecular complexity index is 869. The second-order valence-corrected chi connectivity index (χ2v) is 8.66. The van der Waals surface area contributed by atoms with Gasteiger partial charge in [0.05, 0.1) is 12.4 Å². The zero-order valence-electron chi connectivity index (χ0n) is 20.3. The number of hydrogen-bond acceptors (Lipinski definition) is 7. The number of H-pyrrole nitrogens is 1. The predicted molar refractivity (Wildman–Crippen MR) is 129 cm³/mol. The van der Waals surface area contributed by atoms with Crippen molar-refractivity contribution in [3.8, 4) is 0 Å². The summed E-state index contributed by atoms with van der Waals surface area (Å²) in [5.41, 5.74) is 16.9. The van der Waals surface area contributed by atoms with Crippen LogP contribution in [0.25, 0.3) is 0 Å². The summed E-state index contributed by atoms with van der Waals surface area (Å²) in [5, 5.41) is 17.0. The maximum Gasteiger partial charge on any atom is 0.326 e. The van der Waals surface area contributed by atoms with E-state index in [1.807, 2.05) is 13.8 Å². The van der Waals surface area contributed by atoms with Crippen LogP contribution in [-0.2, 0) is 25.6 Å². The first-order valence-corrected chi connectivity index (χ1v) is 11.3. The van der Waals surface area contributed by atoms with E-state index in [1.54, 1.807) is 0 Å². The van der Waals surface area contributed by atoms with Crippen molar-refractivity contribution >= 4 is 29.7 Å². The van der Waals surface area contributed by atoms with Gasteiger partial charge in [0.2, 0.25) is 17.7 Å². The Hall–Kier alpha value is -3.68. The van der Waals surface area contributed by atoms with Crippen molar-refractivity contribution in [3.05, 3.63) is 18.2 Å². The lowest BCUT2D eigenvalue weighted by Crippen LogP contribution is -2.57. The van der Waals surface area contributed by atoms with Gasteiger partial charge in [0.25, 0.3) is 0 Å².